The number of hydrazone groups is 1. The minimum absolute atomic E-state index is 0.190. The van der Waals surface area contributed by atoms with Crippen molar-refractivity contribution in [1.29, 1.82) is 0 Å². The number of thiazole rings is 1. The van der Waals surface area contributed by atoms with E-state index in [4.69, 9.17) is 15.9 Å². The van der Waals surface area contributed by atoms with Crippen LogP contribution in [0.4, 0.5) is 10.8 Å². The second kappa shape index (κ2) is 7.67. The summed E-state index contributed by atoms with van der Waals surface area (Å²) in [4.78, 5) is 17.4. The Hall–Kier alpha value is -2.67. The number of hydrogen-bond donors (Lipinski definition) is 3. The van der Waals surface area contributed by atoms with E-state index in [1.54, 1.807) is 35.6 Å². The number of nitrogens with zero attached hydrogens (tertiary/aromatic N) is 2. The third kappa shape index (κ3) is 3.09. The molecule has 4 aliphatic carbocycles. The molecule has 0 radical (unpaired) electrons. The number of fused-ring (bicyclic) bond motifs is 7. The summed E-state index contributed by atoms with van der Waals surface area (Å²) in [5.41, 5.74) is 5.50. The summed E-state index contributed by atoms with van der Waals surface area (Å²) in [6.45, 7) is 4.92. The molecule has 1 aromatic carbocycles. The molecule has 4 aliphatic rings. The zero-order valence-corrected chi connectivity index (χ0v) is 20.6. The molecule has 0 saturated heterocycles. The van der Waals surface area contributed by atoms with Gasteiger partial charge in [-0.3, -0.25) is 0 Å². The van der Waals surface area contributed by atoms with Gasteiger partial charge in [-0.2, -0.15) is 5.10 Å². The molecule has 7 heteroatoms. The Morgan fingerprint density at radius 2 is 1.91 bits per heavy atom. The van der Waals surface area contributed by atoms with E-state index in [1.807, 2.05) is 0 Å². The lowest BCUT2D eigenvalue weighted by atomic mass is 9.48. The molecule has 2 aromatic rings. The van der Waals surface area contributed by atoms with Gasteiger partial charge < -0.3 is 16.3 Å². The number of nitrogens with two attached hydrogens (primary N) is 1. The number of benzene rings is 1. The van der Waals surface area contributed by atoms with Gasteiger partial charge in [0.15, 0.2) is 5.13 Å². The summed E-state index contributed by atoms with van der Waals surface area (Å²) in [5.74, 6) is 7.00. The Bertz CT molecular complexity index is 1220. The lowest BCUT2D eigenvalue weighted by Gasteiger charge is -2.56. The SMILES string of the molecule is C[C@]12CCc3nc(Nc4ccc(C(=O)O)cc4)sc3C1=CC[C@@H]1[C@@H]2CC[C@]2(C)/C(=N/N)CC[C@@H]12. The largest absolute Gasteiger partial charge is 0.478 e. The summed E-state index contributed by atoms with van der Waals surface area (Å²) < 4.78 is 0. The monoisotopic (exact) mass is 476 g/mol. The van der Waals surface area contributed by atoms with Crippen LogP contribution in [-0.2, 0) is 6.42 Å². The van der Waals surface area contributed by atoms with Crippen LogP contribution in [0.15, 0.2) is 35.4 Å². The van der Waals surface area contributed by atoms with Crippen LogP contribution in [0.3, 0.4) is 0 Å². The fourth-order valence-electron chi connectivity index (χ4n) is 7.75. The van der Waals surface area contributed by atoms with Crippen LogP contribution in [0.2, 0.25) is 0 Å². The van der Waals surface area contributed by atoms with Crippen molar-refractivity contribution >= 4 is 39.4 Å². The van der Waals surface area contributed by atoms with Crippen LogP contribution in [0.5, 0.6) is 0 Å². The van der Waals surface area contributed by atoms with E-state index in [9.17, 15) is 4.79 Å². The zero-order valence-electron chi connectivity index (χ0n) is 19.8. The molecule has 2 saturated carbocycles. The van der Waals surface area contributed by atoms with Gasteiger partial charge >= 0.3 is 5.97 Å². The van der Waals surface area contributed by atoms with E-state index in [0.29, 0.717) is 17.8 Å². The Kier molecular flexibility index (Phi) is 4.93. The fraction of sp³-hybridized carbons (Fsp3) is 0.519. The standard InChI is InChI=1S/C27H32N4O2S/c1-26-14-12-21-23(34-25(30-21)29-16-5-3-15(4-6-16)24(32)33)20(26)8-7-17-18-9-10-22(31-28)27(18,2)13-11-19(17)26/h3-6,8,17-19H,7,9-14,28H2,1-2H3,(H,29,30)(H,32,33)/b31-22+/t17-,18-,19-,26+,27-/m0/s1. The average Bonchev–Trinajstić information content (AvgIpc) is 3.38. The van der Waals surface area contributed by atoms with Crippen LogP contribution >= 0.6 is 11.3 Å². The van der Waals surface area contributed by atoms with Gasteiger partial charge in [-0.15, -0.1) is 0 Å². The normalized spacial score (nSPS) is 35.1. The Balaban J connectivity index is 1.29. The van der Waals surface area contributed by atoms with E-state index < -0.39 is 5.97 Å². The molecule has 2 fully saturated rings. The molecule has 34 heavy (non-hydrogen) atoms. The number of carboxylic acids is 1. The van der Waals surface area contributed by atoms with Gasteiger partial charge in [0.1, 0.15) is 0 Å². The van der Waals surface area contributed by atoms with Crippen LogP contribution in [0, 0.1) is 28.6 Å². The van der Waals surface area contributed by atoms with Crippen molar-refractivity contribution in [3.05, 3.63) is 46.5 Å². The first-order valence-electron chi connectivity index (χ1n) is 12.4. The second-order valence-corrected chi connectivity index (χ2v) is 12.0. The van der Waals surface area contributed by atoms with Crippen LogP contribution in [-0.4, -0.2) is 21.8 Å². The molecule has 1 heterocycles. The second-order valence-electron chi connectivity index (χ2n) is 11.0. The molecular formula is C27H32N4O2S. The van der Waals surface area contributed by atoms with Crippen molar-refractivity contribution in [3.63, 3.8) is 0 Å². The smallest absolute Gasteiger partial charge is 0.335 e. The third-order valence-corrected chi connectivity index (χ3v) is 10.6. The highest BCUT2D eigenvalue weighted by molar-refractivity contribution is 7.16. The quantitative estimate of drug-likeness (QED) is 0.368. The minimum Gasteiger partial charge on any atom is -0.478 e. The van der Waals surface area contributed by atoms with Gasteiger partial charge in [-0.1, -0.05) is 31.3 Å². The molecule has 1 aromatic heterocycles. The van der Waals surface area contributed by atoms with Crippen molar-refractivity contribution in [2.75, 3.05) is 5.32 Å². The molecule has 178 valence electrons. The summed E-state index contributed by atoms with van der Waals surface area (Å²) in [5, 5.41) is 17.6. The van der Waals surface area contributed by atoms with Crippen LogP contribution < -0.4 is 11.2 Å². The van der Waals surface area contributed by atoms with Gasteiger partial charge in [0, 0.05) is 16.8 Å². The summed E-state index contributed by atoms with van der Waals surface area (Å²) >= 11 is 1.74. The van der Waals surface area contributed by atoms with Crippen LogP contribution in [0.1, 0.15) is 73.3 Å². The Labute approximate surface area is 204 Å². The van der Waals surface area contributed by atoms with E-state index in [2.05, 4.69) is 30.3 Å². The highest BCUT2D eigenvalue weighted by Crippen LogP contribution is 2.65. The first kappa shape index (κ1) is 21.8. The number of hydrogen-bond acceptors (Lipinski definition) is 6. The van der Waals surface area contributed by atoms with E-state index in [0.717, 1.165) is 36.5 Å². The van der Waals surface area contributed by atoms with Gasteiger partial charge in [-0.25, -0.2) is 9.78 Å². The van der Waals surface area contributed by atoms with Crippen LogP contribution in [0.25, 0.3) is 5.57 Å². The van der Waals surface area contributed by atoms with Crippen molar-refractivity contribution < 1.29 is 9.90 Å². The van der Waals surface area contributed by atoms with Crippen molar-refractivity contribution in [1.82, 2.24) is 4.98 Å². The predicted octanol–water partition coefficient (Wildman–Crippen LogP) is 6.08. The number of rotatable bonds is 3. The highest BCUT2D eigenvalue weighted by Gasteiger charge is 2.58. The molecule has 0 bridgehead atoms. The number of anilines is 2. The number of carbonyl (C=O) groups is 1. The third-order valence-electron chi connectivity index (χ3n) is 9.57. The van der Waals surface area contributed by atoms with E-state index in [-0.39, 0.29) is 16.4 Å². The first-order valence-corrected chi connectivity index (χ1v) is 13.2. The maximum atomic E-state index is 11.1. The number of aromatic carboxylic acids is 1. The van der Waals surface area contributed by atoms with Gasteiger partial charge in [-0.05, 0) is 98.0 Å². The molecule has 0 aliphatic heterocycles. The number of aryl methyl sites for hydroxylation is 1. The maximum absolute atomic E-state index is 11.1. The maximum Gasteiger partial charge on any atom is 0.335 e. The number of nitrogens with one attached hydrogen (secondary N) is 1. The Morgan fingerprint density at radius 1 is 1.15 bits per heavy atom. The van der Waals surface area contributed by atoms with Gasteiger partial charge in [0.25, 0.3) is 0 Å². The average molecular weight is 477 g/mol. The van der Waals surface area contributed by atoms with E-state index >= 15 is 0 Å². The van der Waals surface area contributed by atoms with Crippen molar-refractivity contribution in [2.24, 2.45) is 39.5 Å². The molecular weight excluding hydrogens is 444 g/mol. The lowest BCUT2D eigenvalue weighted by Crippen LogP contribution is -2.49. The predicted molar refractivity (Wildman–Crippen MR) is 136 cm³/mol. The van der Waals surface area contributed by atoms with E-state index in [1.165, 1.54) is 41.1 Å². The minimum atomic E-state index is -0.912. The molecule has 6 rings (SSSR count). The lowest BCUT2D eigenvalue weighted by molar-refractivity contribution is 0.0117. The van der Waals surface area contributed by atoms with Gasteiger partial charge in [0.05, 0.1) is 16.1 Å². The molecule has 5 atom stereocenters. The summed E-state index contributed by atoms with van der Waals surface area (Å²) in [7, 11) is 0. The molecule has 0 spiro atoms. The number of aromatic nitrogens is 1. The highest BCUT2D eigenvalue weighted by atomic mass is 32.1. The van der Waals surface area contributed by atoms with Crippen molar-refractivity contribution in [2.45, 2.75) is 58.8 Å². The fourth-order valence-corrected chi connectivity index (χ4v) is 8.96. The number of allylic oxidation sites excluding steroid dienone is 2. The molecule has 6 nitrogen and oxygen atoms in total. The zero-order chi connectivity index (χ0) is 23.7. The summed E-state index contributed by atoms with van der Waals surface area (Å²) in [6.07, 6.45) is 10.6. The topological polar surface area (TPSA) is 101 Å². The van der Waals surface area contributed by atoms with Gasteiger partial charge in [0.2, 0.25) is 0 Å². The first-order chi connectivity index (χ1) is 16.3. The Morgan fingerprint density at radius 3 is 2.65 bits per heavy atom. The molecule has 4 N–H and O–H groups in total. The number of carboxylic acid groups (broad SMARTS) is 1. The molecule has 0 amide bonds. The molecule has 0 unspecified atom stereocenters. The summed E-state index contributed by atoms with van der Waals surface area (Å²) in [6, 6.07) is 6.86. The van der Waals surface area contributed by atoms with Crippen molar-refractivity contribution in [3.8, 4) is 0 Å².